The predicted octanol–water partition coefficient (Wildman–Crippen LogP) is 4.55. The Kier molecular flexibility index (Phi) is 5.88. The number of aliphatic hydroxyl groups is 1. The molecule has 0 radical (unpaired) electrons. The number of aromatic nitrogens is 4. The summed E-state index contributed by atoms with van der Waals surface area (Å²) in [7, 11) is 2.06. The first-order valence-corrected chi connectivity index (χ1v) is 11.4. The minimum atomic E-state index is -0.568. The zero-order chi connectivity index (χ0) is 22.2. The van der Waals surface area contributed by atoms with E-state index in [1.165, 1.54) is 0 Å². The number of hydrogen-bond acceptors (Lipinski definition) is 5. The summed E-state index contributed by atoms with van der Waals surface area (Å²) in [5, 5.41) is 19.3. The molecule has 3 heterocycles. The van der Waals surface area contributed by atoms with E-state index in [4.69, 9.17) is 4.99 Å². The minimum Gasteiger partial charge on any atom is -0.390 e. The average Bonchev–Trinajstić information content (AvgIpc) is 3.39. The molecular weight excluding hydrogens is 388 g/mol. The van der Waals surface area contributed by atoms with E-state index >= 15 is 0 Å². The van der Waals surface area contributed by atoms with Crippen LogP contribution in [0.25, 0.3) is 5.70 Å². The Bertz CT molecular complexity index is 1010. The molecule has 1 aliphatic carbocycles. The van der Waals surface area contributed by atoms with Crippen LogP contribution in [0.2, 0.25) is 0 Å². The molecule has 31 heavy (non-hydrogen) atoms. The lowest BCUT2D eigenvalue weighted by Crippen LogP contribution is -2.42. The monoisotopic (exact) mass is 422 g/mol. The van der Waals surface area contributed by atoms with Gasteiger partial charge < -0.3 is 10.0 Å². The molecule has 0 spiro atoms. The van der Waals surface area contributed by atoms with Crippen molar-refractivity contribution in [3.05, 3.63) is 53.9 Å². The van der Waals surface area contributed by atoms with E-state index < -0.39 is 5.60 Å². The summed E-state index contributed by atoms with van der Waals surface area (Å²) in [6.07, 6.45) is 16.8. The van der Waals surface area contributed by atoms with Crippen molar-refractivity contribution in [3.8, 4) is 0 Å². The second kappa shape index (κ2) is 8.46. The Hall–Kier alpha value is -2.67. The average molecular weight is 423 g/mol. The molecule has 166 valence electrons. The van der Waals surface area contributed by atoms with Crippen LogP contribution in [-0.4, -0.2) is 47.9 Å². The van der Waals surface area contributed by atoms with Gasteiger partial charge >= 0.3 is 0 Å². The third kappa shape index (κ3) is 4.24. The zero-order valence-corrected chi connectivity index (χ0v) is 19.3. The molecule has 0 saturated heterocycles. The van der Waals surface area contributed by atoms with Crippen LogP contribution in [0.3, 0.4) is 0 Å². The van der Waals surface area contributed by atoms with E-state index in [0.29, 0.717) is 6.04 Å². The van der Waals surface area contributed by atoms with Crippen LogP contribution in [0.4, 0.5) is 0 Å². The van der Waals surface area contributed by atoms with Crippen molar-refractivity contribution in [1.82, 2.24) is 24.5 Å². The van der Waals surface area contributed by atoms with Gasteiger partial charge in [0.05, 0.1) is 47.2 Å². The first-order valence-electron chi connectivity index (χ1n) is 11.4. The third-order valence-electron chi connectivity index (χ3n) is 6.38. The maximum absolute atomic E-state index is 10.1. The highest BCUT2D eigenvalue weighted by Gasteiger charge is 2.40. The Balaban J connectivity index is 1.66. The fourth-order valence-corrected chi connectivity index (χ4v) is 4.55. The van der Waals surface area contributed by atoms with Crippen LogP contribution in [0.5, 0.6) is 0 Å². The molecule has 7 heteroatoms. The highest BCUT2D eigenvalue weighted by molar-refractivity contribution is 6.15. The van der Waals surface area contributed by atoms with Crippen molar-refractivity contribution in [3.63, 3.8) is 0 Å². The van der Waals surface area contributed by atoms with Gasteiger partial charge in [0.2, 0.25) is 0 Å². The predicted molar refractivity (Wildman–Crippen MR) is 124 cm³/mol. The molecule has 0 unspecified atom stereocenters. The molecule has 2 aliphatic rings. The lowest BCUT2D eigenvalue weighted by molar-refractivity contribution is -0.0543. The highest BCUT2D eigenvalue weighted by Crippen LogP contribution is 2.41. The topological polar surface area (TPSA) is 71.5 Å². The SMILES string of the molecule is CC/C=C1/C(c2cnn(C(CC)CC)c2)=NC(c2cnn(C3CC(C)(O)C3)c2)=CN1C. The Morgan fingerprint density at radius 3 is 2.48 bits per heavy atom. The molecular formula is C24H34N6O. The van der Waals surface area contributed by atoms with E-state index in [2.05, 4.69) is 66.1 Å². The van der Waals surface area contributed by atoms with Crippen molar-refractivity contribution in [1.29, 1.82) is 0 Å². The molecule has 4 rings (SSSR count). The number of likely N-dealkylation sites (N-methyl/N-ethyl adjacent to an activating group) is 1. The largest absolute Gasteiger partial charge is 0.390 e. The van der Waals surface area contributed by atoms with Gasteiger partial charge in [-0.05, 0) is 39.0 Å². The summed E-state index contributed by atoms with van der Waals surface area (Å²) >= 11 is 0. The molecule has 1 saturated carbocycles. The molecule has 1 aliphatic heterocycles. The summed E-state index contributed by atoms with van der Waals surface area (Å²) in [5.41, 5.74) is 4.38. The molecule has 2 aromatic heterocycles. The van der Waals surface area contributed by atoms with E-state index in [1.54, 1.807) is 0 Å². The lowest BCUT2D eigenvalue weighted by atomic mass is 9.77. The van der Waals surface area contributed by atoms with Crippen molar-refractivity contribution < 1.29 is 5.11 Å². The Labute approximate surface area is 184 Å². The maximum Gasteiger partial charge on any atom is 0.0974 e. The van der Waals surface area contributed by atoms with Crippen LogP contribution in [0, 0.1) is 0 Å². The minimum absolute atomic E-state index is 0.253. The molecule has 1 N–H and O–H groups in total. The van der Waals surface area contributed by atoms with Crippen molar-refractivity contribution in [2.45, 2.75) is 77.5 Å². The summed E-state index contributed by atoms with van der Waals surface area (Å²) in [6.45, 7) is 8.42. The molecule has 2 aromatic rings. The molecule has 0 aromatic carbocycles. The number of aliphatic imine (C=N–C) groups is 1. The van der Waals surface area contributed by atoms with Gasteiger partial charge in [0.1, 0.15) is 0 Å². The van der Waals surface area contributed by atoms with Crippen LogP contribution in [-0.2, 0) is 0 Å². The van der Waals surface area contributed by atoms with Crippen LogP contribution < -0.4 is 0 Å². The molecule has 1 fully saturated rings. The van der Waals surface area contributed by atoms with Gasteiger partial charge in [-0.3, -0.25) is 9.36 Å². The highest BCUT2D eigenvalue weighted by atomic mass is 16.3. The molecule has 7 nitrogen and oxygen atoms in total. The van der Waals surface area contributed by atoms with Gasteiger partial charge in [0, 0.05) is 36.8 Å². The van der Waals surface area contributed by atoms with Crippen LogP contribution in [0.15, 0.2) is 47.8 Å². The zero-order valence-electron chi connectivity index (χ0n) is 19.3. The summed E-state index contributed by atoms with van der Waals surface area (Å²) < 4.78 is 4.03. The lowest BCUT2D eigenvalue weighted by Gasteiger charge is -2.40. The van der Waals surface area contributed by atoms with Gasteiger partial charge in [0.25, 0.3) is 0 Å². The van der Waals surface area contributed by atoms with Gasteiger partial charge in [-0.1, -0.05) is 26.8 Å². The standard InChI is InChI=1S/C24H34N6O/c1-6-9-22-23(18-13-26-29(15-18)19(7-2)8-3)27-21(16-28(22)5)17-12-25-30(14-17)20-10-24(4,31)11-20/h9,12-16,19-20,31H,6-8,10-11H2,1-5H3/b22-9-. The van der Waals surface area contributed by atoms with Crippen molar-refractivity contribution in [2.24, 2.45) is 4.99 Å². The maximum atomic E-state index is 10.1. The van der Waals surface area contributed by atoms with Crippen molar-refractivity contribution in [2.75, 3.05) is 7.05 Å². The van der Waals surface area contributed by atoms with E-state index in [0.717, 1.165) is 60.3 Å². The van der Waals surface area contributed by atoms with E-state index in [1.807, 2.05) is 30.2 Å². The van der Waals surface area contributed by atoms with E-state index in [9.17, 15) is 5.11 Å². The summed E-state index contributed by atoms with van der Waals surface area (Å²) in [5.74, 6) is 0. The summed E-state index contributed by atoms with van der Waals surface area (Å²) in [4.78, 5) is 7.19. The fraction of sp³-hybridized carbons (Fsp3) is 0.542. The van der Waals surface area contributed by atoms with Gasteiger partial charge in [0.15, 0.2) is 0 Å². The first-order chi connectivity index (χ1) is 14.8. The van der Waals surface area contributed by atoms with Crippen molar-refractivity contribution >= 4 is 11.4 Å². The number of hydrogen-bond donors (Lipinski definition) is 1. The Morgan fingerprint density at radius 2 is 1.84 bits per heavy atom. The first kappa shape index (κ1) is 21.6. The van der Waals surface area contributed by atoms with Crippen LogP contribution >= 0.6 is 0 Å². The summed E-state index contributed by atoms with van der Waals surface area (Å²) in [6, 6.07) is 0.658. The molecule has 0 amide bonds. The fourth-order valence-electron chi connectivity index (χ4n) is 4.55. The second-order valence-corrected chi connectivity index (χ2v) is 9.03. The van der Waals surface area contributed by atoms with Crippen LogP contribution in [0.1, 0.15) is 83.0 Å². The quantitative estimate of drug-likeness (QED) is 0.710. The number of nitrogens with zero attached hydrogens (tertiary/aromatic N) is 6. The second-order valence-electron chi connectivity index (χ2n) is 9.03. The van der Waals surface area contributed by atoms with E-state index in [-0.39, 0.29) is 6.04 Å². The van der Waals surface area contributed by atoms with Gasteiger partial charge in [-0.15, -0.1) is 0 Å². The van der Waals surface area contributed by atoms with Gasteiger partial charge in [-0.25, -0.2) is 4.99 Å². The Morgan fingerprint density at radius 1 is 1.13 bits per heavy atom. The normalized spacial score (nSPS) is 25.1. The molecule has 0 atom stereocenters. The van der Waals surface area contributed by atoms with Gasteiger partial charge in [-0.2, -0.15) is 10.2 Å². The third-order valence-corrected chi connectivity index (χ3v) is 6.38. The molecule has 0 bridgehead atoms. The number of allylic oxidation sites excluding steroid dienone is 2. The number of rotatable bonds is 7. The smallest absolute Gasteiger partial charge is 0.0974 e.